The minimum Gasteiger partial charge on any atom is -0.481 e. The van der Waals surface area contributed by atoms with Crippen LogP contribution in [0.2, 0.25) is 0 Å². The van der Waals surface area contributed by atoms with Crippen molar-refractivity contribution < 1.29 is 24.9 Å². The van der Waals surface area contributed by atoms with Gasteiger partial charge in [-0.25, -0.2) is 9.97 Å². The standard InChI is InChI=1S/C24H25N5O5/c25-12-14-1-3-18-19(9-14)28-21(27-18)15-2-4-20(26-13-15)29-7-5-16(6-8-29)34-17-10-24(11-17,22(30)31)23(32)33/h1-4,9,13,16-17,22,30-31H,5-8,10-11H2,(H,27,28)(H,32,33). The first kappa shape index (κ1) is 22.3. The molecule has 0 spiro atoms. The van der Waals surface area contributed by atoms with Crippen molar-refractivity contribution in [1.82, 2.24) is 15.0 Å². The summed E-state index contributed by atoms with van der Waals surface area (Å²) in [6.45, 7) is 1.52. The number of hydrogen-bond donors (Lipinski definition) is 4. The molecule has 0 unspecified atom stereocenters. The molecule has 0 bridgehead atoms. The molecule has 2 aliphatic rings. The maximum absolute atomic E-state index is 11.4. The zero-order valence-electron chi connectivity index (χ0n) is 18.4. The molecule has 0 atom stereocenters. The van der Waals surface area contributed by atoms with Gasteiger partial charge in [0.25, 0.3) is 0 Å². The normalized spacial score (nSPS) is 23.1. The van der Waals surface area contributed by atoms with E-state index in [4.69, 9.17) is 10.00 Å². The number of hydrogen-bond acceptors (Lipinski definition) is 8. The smallest absolute Gasteiger partial charge is 0.315 e. The molecule has 2 fully saturated rings. The summed E-state index contributed by atoms with van der Waals surface area (Å²) in [6.07, 6.45) is 1.44. The maximum atomic E-state index is 11.4. The average Bonchev–Trinajstić information content (AvgIpc) is 3.24. The molecule has 5 rings (SSSR count). The number of rotatable bonds is 6. The fourth-order valence-electron chi connectivity index (χ4n) is 4.77. The number of aromatic amines is 1. The predicted molar refractivity (Wildman–Crippen MR) is 122 cm³/mol. The third-order valence-corrected chi connectivity index (χ3v) is 6.89. The molecule has 2 aromatic heterocycles. The number of carbonyl (C=O) groups is 1. The Balaban J connectivity index is 1.16. The van der Waals surface area contributed by atoms with Gasteiger partial charge in [-0.1, -0.05) is 0 Å². The summed E-state index contributed by atoms with van der Waals surface area (Å²) in [5.74, 6) is 0.366. The van der Waals surface area contributed by atoms with Crippen LogP contribution in [0.3, 0.4) is 0 Å². The van der Waals surface area contributed by atoms with Crippen LogP contribution in [-0.2, 0) is 9.53 Å². The van der Waals surface area contributed by atoms with E-state index in [1.807, 2.05) is 18.2 Å². The Morgan fingerprint density at radius 2 is 1.97 bits per heavy atom. The summed E-state index contributed by atoms with van der Waals surface area (Å²) in [4.78, 5) is 26.0. The Hall–Kier alpha value is -3.52. The van der Waals surface area contributed by atoms with E-state index in [9.17, 15) is 20.1 Å². The number of fused-ring (bicyclic) bond motifs is 1. The first-order chi connectivity index (χ1) is 16.4. The number of aliphatic hydroxyl groups is 2. The van der Waals surface area contributed by atoms with Crippen molar-refractivity contribution in [3.8, 4) is 17.5 Å². The summed E-state index contributed by atoms with van der Waals surface area (Å²) in [6, 6.07) is 11.4. The van der Waals surface area contributed by atoms with Gasteiger partial charge >= 0.3 is 5.97 Å². The van der Waals surface area contributed by atoms with Crippen LogP contribution < -0.4 is 4.90 Å². The van der Waals surface area contributed by atoms with Gasteiger partial charge in [-0.3, -0.25) is 4.79 Å². The second kappa shape index (κ2) is 8.68. The number of aromatic nitrogens is 3. The fraction of sp³-hybridized carbons (Fsp3) is 0.417. The molecular formula is C24H25N5O5. The lowest BCUT2D eigenvalue weighted by molar-refractivity contribution is -0.229. The topological polar surface area (TPSA) is 156 Å². The monoisotopic (exact) mass is 463 g/mol. The van der Waals surface area contributed by atoms with Crippen molar-refractivity contribution in [2.75, 3.05) is 18.0 Å². The van der Waals surface area contributed by atoms with Crippen LogP contribution in [0.25, 0.3) is 22.4 Å². The molecule has 176 valence electrons. The highest BCUT2D eigenvalue weighted by Gasteiger charge is 2.56. The van der Waals surface area contributed by atoms with Gasteiger partial charge in [-0.15, -0.1) is 0 Å². The van der Waals surface area contributed by atoms with E-state index in [0.717, 1.165) is 48.3 Å². The summed E-state index contributed by atoms with van der Waals surface area (Å²) in [5, 5.41) is 37.2. The molecule has 0 radical (unpaired) electrons. The summed E-state index contributed by atoms with van der Waals surface area (Å²) in [7, 11) is 0. The highest BCUT2D eigenvalue weighted by Crippen LogP contribution is 2.46. The summed E-state index contributed by atoms with van der Waals surface area (Å²) < 4.78 is 6.02. The lowest BCUT2D eigenvalue weighted by atomic mass is 9.66. The zero-order valence-corrected chi connectivity index (χ0v) is 18.4. The Morgan fingerprint density at radius 3 is 2.59 bits per heavy atom. The highest BCUT2D eigenvalue weighted by atomic mass is 16.5. The van der Waals surface area contributed by atoms with Gasteiger partial charge in [0.2, 0.25) is 0 Å². The molecule has 0 amide bonds. The number of H-pyrrole nitrogens is 1. The number of pyridine rings is 1. The molecule has 1 saturated carbocycles. The van der Waals surface area contributed by atoms with Gasteiger partial charge in [0.1, 0.15) is 17.1 Å². The van der Waals surface area contributed by atoms with Crippen molar-refractivity contribution in [2.45, 2.75) is 44.2 Å². The van der Waals surface area contributed by atoms with Crippen molar-refractivity contribution in [3.63, 3.8) is 0 Å². The van der Waals surface area contributed by atoms with Crippen LogP contribution >= 0.6 is 0 Å². The molecule has 3 aromatic rings. The number of carboxylic acid groups (broad SMARTS) is 1. The van der Waals surface area contributed by atoms with Crippen molar-refractivity contribution in [2.24, 2.45) is 5.41 Å². The van der Waals surface area contributed by atoms with Gasteiger partial charge < -0.3 is 29.9 Å². The van der Waals surface area contributed by atoms with Crippen LogP contribution in [-0.4, -0.2) is 67.8 Å². The molecule has 1 aliphatic carbocycles. The Bertz CT molecular complexity index is 1230. The summed E-state index contributed by atoms with van der Waals surface area (Å²) in [5.41, 5.74) is 1.53. The summed E-state index contributed by atoms with van der Waals surface area (Å²) >= 11 is 0. The third-order valence-electron chi connectivity index (χ3n) is 6.89. The lowest BCUT2D eigenvalue weighted by Gasteiger charge is -2.46. The fourth-order valence-corrected chi connectivity index (χ4v) is 4.77. The number of aliphatic hydroxyl groups excluding tert-OH is 1. The number of nitriles is 1. The number of ether oxygens (including phenoxy) is 1. The van der Waals surface area contributed by atoms with Crippen LogP contribution in [0.5, 0.6) is 0 Å². The number of anilines is 1. The van der Waals surface area contributed by atoms with Crippen molar-refractivity contribution >= 4 is 22.8 Å². The van der Waals surface area contributed by atoms with Crippen molar-refractivity contribution in [3.05, 3.63) is 42.1 Å². The molecule has 10 heteroatoms. The Kier molecular flexibility index (Phi) is 5.69. The first-order valence-electron chi connectivity index (χ1n) is 11.2. The van der Waals surface area contributed by atoms with E-state index in [0.29, 0.717) is 11.4 Å². The zero-order chi connectivity index (χ0) is 23.9. The van der Waals surface area contributed by atoms with E-state index in [1.165, 1.54) is 0 Å². The Morgan fingerprint density at radius 1 is 1.21 bits per heavy atom. The number of nitrogens with zero attached hydrogens (tertiary/aromatic N) is 4. The second-order valence-corrected chi connectivity index (χ2v) is 9.02. The lowest BCUT2D eigenvalue weighted by Crippen LogP contribution is -2.56. The minimum absolute atomic E-state index is 0.0111. The number of nitrogens with one attached hydrogen (secondary N) is 1. The molecule has 34 heavy (non-hydrogen) atoms. The molecule has 1 saturated heterocycles. The van der Waals surface area contributed by atoms with Crippen LogP contribution in [0.4, 0.5) is 5.82 Å². The van der Waals surface area contributed by atoms with Crippen molar-refractivity contribution in [1.29, 1.82) is 5.26 Å². The molecule has 4 N–H and O–H groups in total. The van der Waals surface area contributed by atoms with Crippen LogP contribution in [0.1, 0.15) is 31.2 Å². The molecule has 10 nitrogen and oxygen atoms in total. The molecule has 1 aliphatic heterocycles. The minimum atomic E-state index is -1.88. The first-order valence-corrected chi connectivity index (χ1v) is 11.2. The third kappa shape index (κ3) is 3.98. The molecule has 3 heterocycles. The number of carboxylic acids is 1. The number of benzene rings is 1. The quantitative estimate of drug-likeness (QED) is 0.402. The number of aliphatic carboxylic acids is 1. The predicted octanol–water partition coefficient (Wildman–Crippen LogP) is 2.03. The number of piperidine rings is 1. The second-order valence-electron chi connectivity index (χ2n) is 9.02. The van der Waals surface area contributed by atoms with Gasteiger partial charge in [-0.05, 0) is 56.0 Å². The number of imidazole rings is 1. The average molecular weight is 463 g/mol. The van der Waals surface area contributed by atoms with E-state index in [-0.39, 0.29) is 25.0 Å². The largest absolute Gasteiger partial charge is 0.481 e. The van der Waals surface area contributed by atoms with Gasteiger partial charge in [0, 0.05) is 24.8 Å². The van der Waals surface area contributed by atoms with E-state index < -0.39 is 17.7 Å². The van der Waals surface area contributed by atoms with Gasteiger partial charge in [0.15, 0.2) is 6.29 Å². The van der Waals surface area contributed by atoms with E-state index in [1.54, 1.807) is 18.3 Å². The van der Waals surface area contributed by atoms with Gasteiger partial charge in [0.05, 0.1) is 34.9 Å². The Labute approximate surface area is 195 Å². The van der Waals surface area contributed by atoms with Crippen LogP contribution in [0, 0.1) is 16.7 Å². The SMILES string of the molecule is N#Cc1ccc2nc(-c3ccc(N4CCC(OC5CC(C(=O)O)(C(O)O)C5)CC4)nc3)[nH]c2c1. The molecule has 1 aromatic carbocycles. The highest BCUT2D eigenvalue weighted by molar-refractivity contribution is 5.80. The van der Waals surface area contributed by atoms with E-state index >= 15 is 0 Å². The van der Waals surface area contributed by atoms with E-state index in [2.05, 4.69) is 25.9 Å². The van der Waals surface area contributed by atoms with Crippen LogP contribution in [0.15, 0.2) is 36.5 Å². The maximum Gasteiger partial charge on any atom is 0.315 e. The van der Waals surface area contributed by atoms with Gasteiger partial charge in [-0.2, -0.15) is 5.26 Å². The molecular weight excluding hydrogens is 438 g/mol.